The molecular formula is C10H6Cl5IN2O. The molecule has 0 fully saturated rings. The van der Waals surface area contributed by atoms with Gasteiger partial charge in [-0.1, -0.05) is 58.0 Å². The SMILES string of the molecule is CC(=O)C(Cl)(Cl)N=Nc1c(Cl)c(C)c(Cl)c(I)c1Cl. The van der Waals surface area contributed by atoms with Gasteiger partial charge in [-0.3, -0.25) is 4.79 Å². The molecule has 0 aliphatic rings. The zero-order valence-electron chi connectivity index (χ0n) is 9.57. The van der Waals surface area contributed by atoms with Crippen LogP contribution in [0.3, 0.4) is 0 Å². The zero-order chi connectivity index (χ0) is 15.0. The summed E-state index contributed by atoms with van der Waals surface area (Å²) >= 11 is 31.5. The Kier molecular flexibility index (Phi) is 6.18. The van der Waals surface area contributed by atoms with Gasteiger partial charge in [0, 0.05) is 0 Å². The normalized spacial score (nSPS) is 12.2. The second-order valence-electron chi connectivity index (χ2n) is 3.53. The van der Waals surface area contributed by atoms with Crippen LogP contribution >= 0.6 is 80.6 Å². The van der Waals surface area contributed by atoms with Gasteiger partial charge in [0.2, 0.25) is 0 Å². The predicted octanol–water partition coefficient (Wildman–Crippen LogP) is 6.36. The van der Waals surface area contributed by atoms with E-state index in [9.17, 15) is 4.79 Å². The lowest BCUT2D eigenvalue weighted by atomic mass is 10.2. The van der Waals surface area contributed by atoms with Crippen LogP contribution in [0.1, 0.15) is 12.5 Å². The van der Waals surface area contributed by atoms with Crippen molar-refractivity contribution < 1.29 is 4.79 Å². The van der Waals surface area contributed by atoms with E-state index in [0.29, 0.717) is 14.2 Å². The van der Waals surface area contributed by atoms with Crippen LogP contribution < -0.4 is 0 Å². The predicted molar refractivity (Wildman–Crippen MR) is 88.6 cm³/mol. The van der Waals surface area contributed by atoms with E-state index in [-0.39, 0.29) is 15.7 Å². The third-order valence-electron chi connectivity index (χ3n) is 2.16. The first-order valence-electron chi connectivity index (χ1n) is 4.74. The van der Waals surface area contributed by atoms with Gasteiger partial charge in [-0.25, -0.2) is 0 Å². The van der Waals surface area contributed by atoms with Crippen molar-refractivity contribution >= 4 is 92.1 Å². The molecule has 0 atom stereocenters. The Morgan fingerprint density at radius 3 is 2.16 bits per heavy atom. The van der Waals surface area contributed by atoms with Gasteiger partial charge in [0.05, 0.1) is 18.6 Å². The summed E-state index contributed by atoms with van der Waals surface area (Å²) in [5, 5.41) is 8.21. The fraction of sp³-hybridized carbons (Fsp3) is 0.300. The van der Waals surface area contributed by atoms with Gasteiger partial charge in [0.15, 0.2) is 5.78 Å². The van der Waals surface area contributed by atoms with Gasteiger partial charge < -0.3 is 0 Å². The van der Waals surface area contributed by atoms with Gasteiger partial charge in [0.1, 0.15) is 5.69 Å². The molecule has 0 aliphatic carbocycles. The van der Waals surface area contributed by atoms with Gasteiger partial charge in [-0.05, 0) is 42.0 Å². The molecule has 0 bridgehead atoms. The van der Waals surface area contributed by atoms with Crippen LogP contribution in [-0.4, -0.2) is 10.2 Å². The number of Topliss-reactive ketones (excluding diaryl/α,β-unsaturated/α-hetero) is 1. The maximum Gasteiger partial charge on any atom is 0.285 e. The number of rotatable bonds is 3. The molecule has 0 spiro atoms. The van der Waals surface area contributed by atoms with E-state index >= 15 is 0 Å². The van der Waals surface area contributed by atoms with Crippen LogP contribution in [0.15, 0.2) is 10.2 Å². The second-order valence-corrected chi connectivity index (χ2v) is 7.03. The van der Waals surface area contributed by atoms with Gasteiger partial charge in [-0.2, -0.15) is 0 Å². The Balaban J connectivity index is 3.38. The summed E-state index contributed by atoms with van der Waals surface area (Å²) in [4.78, 5) is 11.1. The van der Waals surface area contributed by atoms with Gasteiger partial charge in [0.25, 0.3) is 4.46 Å². The Hall–Kier alpha value is 0.670. The maximum atomic E-state index is 11.1. The molecule has 0 saturated carbocycles. The molecular weight excluding hydrogens is 468 g/mol. The molecule has 1 aromatic rings. The highest BCUT2D eigenvalue weighted by molar-refractivity contribution is 14.1. The van der Waals surface area contributed by atoms with E-state index < -0.39 is 10.2 Å². The Morgan fingerprint density at radius 1 is 1.16 bits per heavy atom. The molecule has 1 rings (SSSR count). The molecule has 3 nitrogen and oxygen atoms in total. The molecule has 0 aliphatic heterocycles. The number of ketones is 1. The molecule has 104 valence electrons. The van der Waals surface area contributed by atoms with E-state index in [1.165, 1.54) is 6.92 Å². The van der Waals surface area contributed by atoms with Crippen molar-refractivity contribution in [3.63, 3.8) is 0 Å². The highest BCUT2D eigenvalue weighted by atomic mass is 127. The summed E-state index contributed by atoms with van der Waals surface area (Å²) in [5.41, 5.74) is 0.769. The molecule has 0 unspecified atom stereocenters. The lowest BCUT2D eigenvalue weighted by Crippen LogP contribution is -2.19. The average molecular weight is 474 g/mol. The molecule has 0 aromatic heterocycles. The average Bonchev–Trinajstić information content (AvgIpc) is 2.33. The molecule has 0 N–H and O–H groups in total. The third-order valence-corrected chi connectivity index (χ3v) is 5.86. The van der Waals surface area contributed by atoms with Crippen molar-refractivity contribution in [2.45, 2.75) is 18.3 Å². The number of carbonyl (C=O) groups excluding carboxylic acids is 1. The number of benzene rings is 1. The third kappa shape index (κ3) is 3.86. The monoisotopic (exact) mass is 472 g/mol. The van der Waals surface area contributed by atoms with Crippen LogP contribution in [0.25, 0.3) is 0 Å². The molecule has 9 heteroatoms. The summed E-state index contributed by atoms with van der Waals surface area (Å²) in [5.74, 6) is -0.563. The smallest absolute Gasteiger partial charge is 0.285 e. The van der Waals surface area contributed by atoms with Gasteiger partial charge in [-0.15, -0.1) is 10.2 Å². The van der Waals surface area contributed by atoms with E-state index in [4.69, 9.17) is 58.0 Å². The largest absolute Gasteiger partial charge is 0.294 e. The van der Waals surface area contributed by atoms with Crippen LogP contribution in [0.5, 0.6) is 0 Å². The summed E-state index contributed by atoms with van der Waals surface area (Å²) in [6, 6.07) is 0. The number of nitrogens with zero attached hydrogens (tertiary/aromatic N) is 2. The van der Waals surface area contributed by atoms with Crippen LogP contribution in [0, 0.1) is 10.5 Å². The lowest BCUT2D eigenvalue weighted by molar-refractivity contribution is -0.117. The standard InChI is InChI=1S/C10H6Cl5IN2O/c1-3-5(11)8(16)7(13)9(6(3)12)17-18-10(14,15)4(2)19/h1-2H3. The Bertz CT molecular complexity index is 545. The van der Waals surface area contributed by atoms with Crippen LogP contribution in [-0.2, 0) is 4.79 Å². The van der Waals surface area contributed by atoms with Crippen LogP contribution in [0.4, 0.5) is 5.69 Å². The summed E-state index contributed by atoms with van der Waals surface area (Å²) in [7, 11) is 0. The van der Waals surface area contributed by atoms with Crippen LogP contribution in [0.2, 0.25) is 15.1 Å². The summed E-state index contributed by atoms with van der Waals surface area (Å²) in [6.07, 6.45) is 0. The molecule has 0 amide bonds. The number of halogens is 6. The maximum absolute atomic E-state index is 11.1. The minimum absolute atomic E-state index is 0.168. The summed E-state index contributed by atoms with van der Waals surface area (Å²) in [6.45, 7) is 2.90. The first-order valence-corrected chi connectivity index (χ1v) is 7.70. The van der Waals surface area contributed by atoms with Crippen molar-refractivity contribution in [3.8, 4) is 0 Å². The topological polar surface area (TPSA) is 41.8 Å². The Labute approximate surface area is 148 Å². The zero-order valence-corrected chi connectivity index (χ0v) is 15.5. The second kappa shape index (κ2) is 6.62. The first kappa shape index (κ1) is 17.7. The first-order chi connectivity index (χ1) is 8.59. The highest BCUT2D eigenvalue weighted by Crippen LogP contribution is 2.44. The fourth-order valence-corrected chi connectivity index (χ4v) is 2.53. The molecule has 1 aromatic carbocycles. The van der Waals surface area contributed by atoms with E-state index in [1.807, 2.05) is 22.6 Å². The van der Waals surface area contributed by atoms with Gasteiger partial charge >= 0.3 is 0 Å². The van der Waals surface area contributed by atoms with Crippen molar-refractivity contribution in [1.29, 1.82) is 0 Å². The number of azo groups is 1. The molecule has 0 radical (unpaired) electrons. The number of carbonyl (C=O) groups is 1. The Morgan fingerprint density at radius 2 is 1.68 bits per heavy atom. The van der Waals surface area contributed by atoms with E-state index in [0.717, 1.165) is 0 Å². The molecule has 0 heterocycles. The van der Waals surface area contributed by atoms with Crippen molar-refractivity contribution in [1.82, 2.24) is 0 Å². The van der Waals surface area contributed by atoms with Crippen molar-refractivity contribution in [3.05, 3.63) is 24.2 Å². The lowest BCUT2D eigenvalue weighted by Gasteiger charge is -2.11. The van der Waals surface area contributed by atoms with Crippen molar-refractivity contribution in [2.75, 3.05) is 0 Å². The highest BCUT2D eigenvalue weighted by Gasteiger charge is 2.30. The fourth-order valence-electron chi connectivity index (χ4n) is 1.01. The number of hydrogen-bond donors (Lipinski definition) is 0. The number of hydrogen-bond acceptors (Lipinski definition) is 3. The number of alkyl halides is 2. The molecule has 0 saturated heterocycles. The minimum Gasteiger partial charge on any atom is -0.294 e. The van der Waals surface area contributed by atoms with E-state index in [2.05, 4.69) is 10.2 Å². The quantitative estimate of drug-likeness (QED) is 0.126. The minimum atomic E-state index is -1.97. The van der Waals surface area contributed by atoms with E-state index in [1.54, 1.807) is 6.92 Å². The molecule has 19 heavy (non-hydrogen) atoms. The van der Waals surface area contributed by atoms with Crippen molar-refractivity contribution in [2.24, 2.45) is 10.2 Å². The summed E-state index contributed by atoms with van der Waals surface area (Å²) < 4.78 is -1.39.